The minimum atomic E-state index is -0.151. The zero-order chi connectivity index (χ0) is 22.7. The number of aromatic nitrogens is 1. The van der Waals surface area contributed by atoms with Crippen molar-refractivity contribution in [3.63, 3.8) is 0 Å². The molecule has 6 nitrogen and oxygen atoms in total. The summed E-state index contributed by atoms with van der Waals surface area (Å²) < 4.78 is 0. The molecule has 2 aliphatic rings. The molecule has 0 unspecified atom stereocenters. The molecule has 172 valence electrons. The van der Waals surface area contributed by atoms with Crippen molar-refractivity contribution in [3.05, 3.63) is 57.2 Å². The number of pyridine rings is 1. The standard InChI is InChI=1S/C24H30Cl2N4O2/c1-16-20(4-9-27-23(16)28-15-17-2-3-21(25)22(26)14-17)24(32)30-10-5-18(6-11-30)29-12-7-19(31)8-13-29/h2-4,9,14,18-19,31H,5-8,10-13,15H2,1H3,(H,27,28). The van der Waals surface area contributed by atoms with E-state index in [0.717, 1.165) is 63.0 Å². The molecule has 0 atom stereocenters. The number of amides is 1. The molecule has 32 heavy (non-hydrogen) atoms. The predicted octanol–water partition coefficient (Wildman–Crippen LogP) is 4.37. The van der Waals surface area contributed by atoms with Crippen LogP contribution in [0.1, 0.15) is 47.2 Å². The van der Waals surface area contributed by atoms with E-state index in [4.69, 9.17) is 23.2 Å². The normalized spacial score (nSPS) is 18.7. The Morgan fingerprint density at radius 3 is 2.50 bits per heavy atom. The van der Waals surface area contributed by atoms with Crippen LogP contribution in [0.5, 0.6) is 0 Å². The van der Waals surface area contributed by atoms with Gasteiger partial charge in [-0.05, 0) is 56.4 Å². The van der Waals surface area contributed by atoms with Gasteiger partial charge in [0, 0.05) is 56.1 Å². The fraction of sp³-hybridized carbons (Fsp3) is 0.500. The number of likely N-dealkylation sites (tertiary alicyclic amines) is 2. The number of piperidine rings is 2. The Hall–Kier alpha value is -1.86. The van der Waals surface area contributed by atoms with E-state index in [0.29, 0.717) is 34.0 Å². The maximum atomic E-state index is 13.2. The minimum absolute atomic E-state index is 0.0648. The largest absolute Gasteiger partial charge is 0.393 e. The van der Waals surface area contributed by atoms with Gasteiger partial charge in [0.1, 0.15) is 5.82 Å². The van der Waals surface area contributed by atoms with E-state index in [9.17, 15) is 9.90 Å². The van der Waals surface area contributed by atoms with Crippen molar-refractivity contribution in [3.8, 4) is 0 Å². The Labute approximate surface area is 199 Å². The number of benzene rings is 1. The van der Waals surface area contributed by atoms with Gasteiger partial charge in [0.2, 0.25) is 0 Å². The minimum Gasteiger partial charge on any atom is -0.393 e. The van der Waals surface area contributed by atoms with Gasteiger partial charge in [0.05, 0.1) is 16.1 Å². The van der Waals surface area contributed by atoms with Gasteiger partial charge in [-0.1, -0.05) is 29.3 Å². The third-order valence-corrected chi connectivity index (χ3v) is 7.38. The molecule has 0 radical (unpaired) electrons. The second kappa shape index (κ2) is 10.4. The van der Waals surface area contributed by atoms with Gasteiger partial charge < -0.3 is 20.2 Å². The molecule has 8 heteroatoms. The molecule has 0 spiro atoms. The third-order valence-electron chi connectivity index (χ3n) is 6.65. The molecule has 0 saturated carbocycles. The van der Waals surface area contributed by atoms with E-state index in [1.807, 2.05) is 24.0 Å². The van der Waals surface area contributed by atoms with Gasteiger partial charge in [-0.15, -0.1) is 0 Å². The highest BCUT2D eigenvalue weighted by atomic mass is 35.5. The number of hydrogen-bond donors (Lipinski definition) is 2. The molecular formula is C24H30Cl2N4O2. The molecule has 1 aromatic carbocycles. The summed E-state index contributed by atoms with van der Waals surface area (Å²) in [5.74, 6) is 0.763. The van der Waals surface area contributed by atoms with Crippen molar-refractivity contribution >= 4 is 34.9 Å². The van der Waals surface area contributed by atoms with Crippen molar-refractivity contribution < 1.29 is 9.90 Å². The number of carbonyl (C=O) groups excluding carboxylic acids is 1. The maximum Gasteiger partial charge on any atom is 0.254 e. The van der Waals surface area contributed by atoms with Crippen molar-refractivity contribution in [1.82, 2.24) is 14.8 Å². The van der Waals surface area contributed by atoms with Crippen molar-refractivity contribution in [2.75, 3.05) is 31.5 Å². The summed E-state index contributed by atoms with van der Waals surface area (Å²) in [5, 5.41) is 14.1. The highest BCUT2D eigenvalue weighted by Crippen LogP contribution is 2.26. The van der Waals surface area contributed by atoms with Crippen molar-refractivity contribution in [1.29, 1.82) is 0 Å². The van der Waals surface area contributed by atoms with Crippen molar-refractivity contribution in [2.45, 2.75) is 51.3 Å². The zero-order valence-corrected chi connectivity index (χ0v) is 19.9. The average molecular weight is 477 g/mol. The number of nitrogens with zero attached hydrogens (tertiary/aromatic N) is 3. The van der Waals surface area contributed by atoms with E-state index < -0.39 is 0 Å². The summed E-state index contributed by atoms with van der Waals surface area (Å²) in [7, 11) is 0. The Bertz CT molecular complexity index is 955. The second-order valence-corrected chi connectivity index (χ2v) is 9.54. The molecular weight excluding hydrogens is 447 g/mol. The van der Waals surface area contributed by atoms with E-state index in [2.05, 4.69) is 15.2 Å². The number of nitrogens with one attached hydrogen (secondary N) is 1. The number of anilines is 1. The highest BCUT2D eigenvalue weighted by molar-refractivity contribution is 6.42. The number of carbonyl (C=O) groups is 1. The molecule has 2 aromatic rings. The fourth-order valence-electron chi connectivity index (χ4n) is 4.64. The lowest BCUT2D eigenvalue weighted by Gasteiger charge is -2.41. The van der Waals surface area contributed by atoms with Crippen LogP contribution in [0, 0.1) is 6.92 Å². The van der Waals surface area contributed by atoms with Crippen molar-refractivity contribution in [2.24, 2.45) is 0 Å². The second-order valence-electron chi connectivity index (χ2n) is 8.72. The predicted molar refractivity (Wildman–Crippen MR) is 129 cm³/mol. The smallest absolute Gasteiger partial charge is 0.254 e. The lowest BCUT2D eigenvalue weighted by molar-refractivity contribution is 0.0357. The fourth-order valence-corrected chi connectivity index (χ4v) is 4.96. The molecule has 2 N–H and O–H groups in total. The molecule has 2 fully saturated rings. The van der Waals surface area contributed by atoms with Gasteiger partial charge in [-0.2, -0.15) is 0 Å². The van der Waals surface area contributed by atoms with Crippen LogP contribution in [0.2, 0.25) is 10.0 Å². The molecule has 1 aromatic heterocycles. The summed E-state index contributed by atoms with van der Waals surface area (Å²) in [6.45, 7) is 5.91. The van der Waals surface area contributed by atoms with Gasteiger partial charge >= 0.3 is 0 Å². The summed E-state index contributed by atoms with van der Waals surface area (Å²) >= 11 is 12.1. The van der Waals surface area contributed by atoms with Crippen LogP contribution in [0.25, 0.3) is 0 Å². The molecule has 2 aliphatic heterocycles. The molecule has 2 saturated heterocycles. The quantitative estimate of drug-likeness (QED) is 0.670. The number of aliphatic hydroxyl groups is 1. The van der Waals surface area contributed by atoms with E-state index >= 15 is 0 Å². The summed E-state index contributed by atoms with van der Waals surface area (Å²) in [4.78, 5) is 22.1. The molecule has 4 rings (SSSR count). The van der Waals surface area contributed by atoms with Gasteiger partial charge in [-0.3, -0.25) is 4.79 Å². The monoisotopic (exact) mass is 476 g/mol. The summed E-state index contributed by atoms with van der Waals surface area (Å²) in [5.41, 5.74) is 2.53. The summed E-state index contributed by atoms with van der Waals surface area (Å²) in [6.07, 6.45) is 5.20. The van der Waals surface area contributed by atoms with Crippen LogP contribution in [-0.2, 0) is 6.54 Å². The van der Waals surface area contributed by atoms with E-state index in [1.54, 1.807) is 18.3 Å². The first-order valence-electron chi connectivity index (χ1n) is 11.3. The van der Waals surface area contributed by atoms with Crippen LogP contribution in [0.3, 0.4) is 0 Å². The van der Waals surface area contributed by atoms with Crippen LogP contribution < -0.4 is 5.32 Å². The molecule has 0 aliphatic carbocycles. The van der Waals surface area contributed by atoms with E-state index in [-0.39, 0.29) is 12.0 Å². The molecule has 0 bridgehead atoms. The van der Waals surface area contributed by atoms with Crippen LogP contribution >= 0.6 is 23.2 Å². The highest BCUT2D eigenvalue weighted by Gasteiger charge is 2.30. The first-order valence-corrected chi connectivity index (χ1v) is 12.0. The Morgan fingerprint density at radius 2 is 1.81 bits per heavy atom. The topological polar surface area (TPSA) is 68.7 Å². The molecule has 3 heterocycles. The number of hydrogen-bond acceptors (Lipinski definition) is 5. The Balaban J connectivity index is 1.36. The lowest BCUT2D eigenvalue weighted by atomic mass is 9.98. The number of rotatable bonds is 5. The Kier molecular flexibility index (Phi) is 7.56. The SMILES string of the molecule is Cc1c(C(=O)N2CCC(N3CCC(O)CC3)CC2)ccnc1NCc1ccc(Cl)c(Cl)c1. The number of halogens is 2. The van der Waals surface area contributed by atoms with Crippen LogP contribution in [0.4, 0.5) is 5.82 Å². The van der Waals surface area contributed by atoms with Gasteiger partial charge in [0.15, 0.2) is 0 Å². The number of aliphatic hydroxyl groups excluding tert-OH is 1. The first-order chi connectivity index (χ1) is 15.4. The maximum absolute atomic E-state index is 13.2. The average Bonchev–Trinajstić information content (AvgIpc) is 2.81. The third kappa shape index (κ3) is 5.37. The first kappa shape index (κ1) is 23.3. The van der Waals surface area contributed by atoms with Gasteiger partial charge in [-0.25, -0.2) is 4.98 Å². The summed E-state index contributed by atoms with van der Waals surface area (Å²) in [6, 6.07) is 7.83. The molecule has 1 amide bonds. The van der Waals surface area contributed by atoms with Crippen LogP contribution in [-0.4, -0.2) is 64.1 Å². The Morgan fingerprint density at radius 1 is 1.09 bits per heavy atom. The van der Waals surface area contributed by atoms with E-state index in [1.165, 1.54) is 0 Å². The van der Waals surface area contributed by atoms with Gasteiger partial charge in [0.25, 0.3) is 5.91 Å². The van der Waals surface area contributed by atoms with Crippen LogP contribution in [0.15, 0.2) is 30.5 Å². The zero-order valence-electron chi connectivity index (χ0n) is 18.4. The lowest BCUT2D eigenvalue weighted by Crippen LogP contribution is -2.49.